The fourth-order valence-corrected chi connectivity index (χ4v) is 4.29. The fraction of sp³-hybridized carbons (Fsp3) is 0.474. The molecule has 2 aliphatic carbocycles. The van der Waals surface area contributed by atoms with Crippen LogP contribution in [0.3, 0.4) is 0 Å². The van der Waals surface area contributed by atoms with Crippen LogP contribution in [-0.4, -0.2) is 24.0 Å². The lowest BCUT2D eigenvalue weighted by Crippen LogP contribution is -2.49. The van der Waals surface area contributed by atoms with Crippen LogP contribution in [0.5, 0.6) is 0 Å². The number of nitrogens with zero attached hydrogens (tertiary/aromatic N) is 1. The second kappa shape index (κ2) is 4.89. The number of piperidine rings is 1. The number of benzene rings is 1. The molecule has 20 heavy (non-hydrogen) atoms. The van der Waals surface area contributed by atoms with Crippen molar-refractivity contribution in [1.82, 2.24) is 4.90 Å². The SMILES string of the molecule is CC1CC2C=CC1N(CCC1=CCc3ccccc31)C2. The van der Waals surface area contributed by atoms with Gasteiger partial charge in [-0.05, 0) is 47.8 Å². The molecule has 0 amide bonds. The van der Waals surface area contributed by atoms with E-state index >= 15 is 0 Å². The smallest absolute Gasteiger partial charge is 0.0304 e. The van der Waals surface area contributed by atoms with Crippen molar-refractivity contribution in [3.8, 4) is 0 Å². The normalized spacial score (nSPS) is 31.4. The summed E-state index contributed by atoms with van der Waals surface area (Å²) in [6, 6.07) is 9.58. The van der Waals surface area contributed by atoms with Crippen molar-refractivity contribution >= 4 is 5.57 Å². The maximum atomic E-state index is 2.71. The third-order valence-electron chi connectivity index (χ3n) is 5.33. The molecule has 1 aromatic rings. The van der Waals surface area contributed by atoms with E-state index in [1.807, 2.05) is 0 Å². The summed E-state index contributed by atoms with van der Waals surface area (Å²) in [7, 11) is 0. The van der Waals surface area contributed by atoms with Gasteiger partial charge in [0.2, 0.25) is 0 Å². The van der Waals surface area contributed by atoms with Crippen molar-refractivity contribution in [1.29, 1.82) is 0 Å². The quantitative estimate of drug-likeness (QED) is 0.749. The molecule has 2 aliphatic heterocycles. The van der Waals surface area contributed by atoms with E-state index in [9.17, 15) is 0 Å². The van der Waals surface area contributed by atoms with Crippen LogP contribution in [0.1, 0.15) is 30.9 Å². The van der Waals surface area contributed by atoms with Crippen LogP contribution in [0.25, 0.3) is 5.57 Å². The first-order valence-corrected chi connectivity index (χ1v) is 8.01. The predicted octanol–water partition coefficient (Wildman–Crippen LogP) is 3.91. The van der Waals surface area contributed by atoms with E-state index in [4.69, 9.17) is 0 Å². The molecule has 4 aliphatic rings. The van der Waals surface area contributed by atoms with Crippen LogP contribution in [0, 0.1) is 11.8 Å². The monoisotopic (exact) mass is 265 g/mol. The van der Waals surface area contributed by atoms with Crippen LogP contribution in [-0.2, 0) is 6.42 Å². The highest BCUT2D eigenvalue weighted by molar-refractivity contribution is 5.73. The van der Waals surface area contributed by atoms with Crippen LogP contribution >= 0.6 is 0 Å². The molecular weight excluding hydrogens is 242 g/mol. The van der Waals surface area contributed by atoms with Crippen molar-refractivity contribution in [3.63, 3.8) is 0 Å². The fourth-order valence-electron chi connectivity index (χ4n) is 4.29. The number of fused-ring (bicyclic) bond motifs is 3. The zero-order chi connectivity index (χ0) is 13.5. The summed E-state index contributed by atoms with van der Waals surface area (Å²) < 4.78 is 0. The third kappa shape index (κ3) is 2.05. The predicted molar refractivity (Wildman–Crippen MR) is 84.5 cm³/mol. The first-order valence-electron chi connectivity index (χ1n) is 8.01. The summed E-state index contributed by atoms with van der Waals surface area (Å²) >= 11 is 0. The Balaban J connectivity index is 1.44. The van der Waals surface area contributed by atoms with Gasteiger partial charge in [-0.15, -0.1) is 0 Å². The third-order valence-corrected chi connectivity index (χ3v) is 5.33. The van der Waals surface area contributed by atoms with E-state index in [0.29, 0.717) is 6.04 Å². The Bertz CT molecular complexity index is 569. The van der Waals surface area contributed by atoms with Crippen LogP contribution in [0.4, 0.5) is 0 Å². The van der Waals surface area contributed by atoms with Crippen molar-refractivity contribution in [2.45, 2.75) is 32.2 Å². The van der Waals surface area contributed by atoms with Crippen molar-refractivity contribution in [3.05, 3.63) is 53.6 Å². The van der Waals surface area contributed by atoms with Gasteiger partial charge in [-0.2, -0.15) is 0 Å². The zero-order valence-electron chi connectivity index (χ0n) is 12.3. The minimum Gasteiger partial charge on any atom is -0.296 e. The van der Waals surface area contributed by atoms with Gasteiger partial charge < -0.3 is 0 Å². The van der Waals surface area contributed by atoms with Gasteiger partial charge in [0.15, 0.2) is 0 Å². The highest BCUT2D eigenvalue weighted by atomic mass is 15.2. The second-order valence-corrected chi connectivity index (χ2v) is 6.68. The minimum absolute atomic E-state index is 0.692. The molecule has 1 saturated heterocycles. The summed E-state index contributed by atoms with van der Waals surface area (Å²) in [4.78, 5) is 2.71. The Morgan fingerprint density at radius 3 is 2.95 bits per heavy atom. The van der Waals surface area contributed by atoms with Gasteiger partial charge in [0.25, 0.3) is 0 Å². The second-order valence-electron chi connectivity index (χ2n) is 6.68. The van der Waals surface area contributed by atoms with Crippen molar-refractivity contribution in [2.24, 2.45) is 11.8 Å². The lowest BCUT2D eigenvalue weighted by molar-refractivity contribution is 0.0944. The molecule has 1 aromatic carbocycles. The molecule has 0 N–H and O–H groups in total. The van der Waals surface area contributed by atoms with E-state index in [1.54, 1.807) is 5.57 Å². The van der Waals surface area contributed by atoms with Crippen molar-refractivity contribution < 1.29 is 0 Å². The maximum absolute atomic E-state index is 2.71. The highest BCUT2D eigenvalue weighted by Crippen LogP contribution is 2.35. The first-order chi connectivity index (χ1) is 9.81. The Kier molecular flexibility index (Phi) is 3.03. The molecule has 1 fully saturated rings. The van der Waals surface area contributed by atoms with Gasteiger partial charge in [0, 0.05) is 19.1 Å². The molecular formula is C19H23N. The molecule has 5 rings (SSSR count). The molecule has 1 heteroatoms. The number of rotatable bonds is 3. The number of allylic oxidation sites excluding steroid dienone is 1. The summed E-state index contributed by atoms with van der Waals surface area (Å²) in [6.07, 6.45) is 11.1. The molecule has 2 bridgehead atoms. The lowest BCUT2D eigenvalue weighted by Gasteiger charge is -2.45. The standard InChI is InChI=1S/C19H23N/c1-14-12-15-6-9-19(14)20(13-15)11-10-17-8-7-16-4-2-3-5-18(16)17/h2-6,8-9,14-15,19H,7,10-13H2,1H3. The van der Waals surface area contributed by atoms with E-state index in [0.717, 1.165) is 18.3 Å². The number of hydrogen-bond acceptors (Lipinski definition) is 1. The van der Waals surface area contributed by atoms with Gasteiger partial charge in [0.1, 0.15) is 0 Å². The topological polar surface area (TPSA) is 3.24 Å². The summed E-state index contributed by atoms with van der Waals surface area (Å²) in [5.41, 5.74) is 4.58. The van der Waals surface area contributed by atoms with Gasteiger partial charge in [-0.1, -0.05) is 49.4 Å². The molecule has 1 nitrogen and oxygen atoms in total. The Labute approximate surface area is 122 Å². The van der Waals surface area contributed by atoms with Gasteiger partial charge >= 0.3 is 0 Å². The van der Waals surface area contributed by atoms with Crippen molar-refractivity contribution in [2.75, 3.05) is 13.1 Å². The molecule has 2 heterocycles. The Morgan fingerprint density at radius 2 is 2.10 bits per heavy atom. The molecule has 0 radical (unpaired) electrons. The summed E-state index contributed by atoms with van der Waals surface area (Å²) in [5, 5.41) is 0. The van der Waals surface area contributed by atoms with Crippen LogP contribution in [0.2, 0.25) is 0 Å². The molecule has 104 valence electrons. The largest absolute Gasteiger partial charge is 0.296 e. The van der Waals surface area contributed by atoms with E-state index in [2.05, 4.69) is 54.3 Å². The van der Waals surface area contributed by atoms with Gasteiger partial charge in [0.05, 0.1) is 0 Å². The summed E-state index contributed by atoms with van der Waals surface area (Å²) in [6.45, 7) is 4.91. The van der Waals surface area contributed by atoms with E-state index < -0.39 is 0 Å². The maximum Gasteiger partial charge on any atom is 0.0304 e. The lowest BCUT2D eigenvalue weighted by atomic mass is 9.78. The van der Waals surface area contributed by atoms with Crippen LogP contribution in [0.15, 0.2) is 42.5 Å². The zero-order valence-corrected chi connectivity index (χ0v) is 12.3. The Hall–Kier alpha value is -1.34. The Morgan fingerprint density at radius 1 is 1.20 bits per heavy atom. The van der Waals surface area contributed by atoms with E-state index in [-0.39, 0.29) is 0 Å². The molecule has 3 unspecified atom stereocenters. The van der Waals surface area contributed by atoms with E-state index in [1.165, 1.54) is 37.1 Å². The first kappa shape index (κ1) is 12.4. The molecule has 0 saturated carbocycles. The average Bonchev–Trinajstić information content (AvgIpc) is 2.89. The molecule has 0 spiro atoms. The van der Waals surface area contributed by atoms with Gasteiger partial charge in [-0.25, -0.2) is 0 Å². The number of hydrogen-bond donors (Lipinski definition) is 0. The van der Waals surface area contributed by atoms with Crippen LogP contribution < -0.4 is 0 Å². The molecule has 3 atom stereocenters. The molecule has 0 aromatic heterocycles. The summed E-state index contributed by atoms with van der Waals surface area (Å²) in [5.74, 6) is 1.64. The average molecular weight is 265 g/mol. The minimum atomic E-state index is 0.692. The van der Waals surface area contributed by atoms with Gasteiger partial charge in [-0.3, -0.25) is 4.90 Å². The highest BCUT2D eigenvalue weighted by Gasteiger charge is 2.34.